The van der Waals surface area contributed by atoms with E-state index in [-0.39, 0.29) is 35.7 Å². The minimum absolute atomic E-state index is 0.132. The van der Waals surface area contributed by atoms with E-state index >= 15 is 0 Å². The maximum atomic E-state index is 13.4. The summed E-state index contributed by atoms with van der Waals surface area (Å²) in [5.74, 6) is 0.107. The maximum absolute atomic E-state index is 13.4. The molecule has 0 aliphatic carbocycles. The molecule has 30 heavy (non-hydrogen) atoms. The molecule has 1 aliphatic heterocycles. The summed E-state index contributed by atoms with van der Waals surface area (Å²) >= 11 is 0. The highest BCUT2D eigenvalue weighted by atomic mass is 16.2. The van der Waals surface area contributed by atoms with Crippen molar-refractivity contribution in [2.75, 3.05) is 19.6 Å². The van der Waals surface area contributed by atoms with Gasteiger partial charge in [-0.25, -0.2) is 4.98 Å². The van der Waals surface area contributed by atoms with Crippen LogP contribution in [0.4, 0.5) is 0 Å². The second kappa shape index (κ2) is 10.1. The zero-order valence-corrected chi connectivity index (χ0v) is 19.2. The summed E-state index contributed by atoms with van der Waals surface area (Å²) in [5, 5.41) is 5.84. The van der Waals surface area contributed by atoms with Crippen LogP contribution in [-0.2, 0) is 11.3 Å². The van der Waals surface area contributed by atoms with E-state index in [9.17, 15) is 14.4 Å². The molecule has 1 aliphatic rings. The number of aromatic nitrogens is 2. The van der Waals surface area contributed by atoms with Gasteiger partial charge < -0.3 is 20.1 Å². The Kier molecular flexibility index (Phi) is 8.03. The second-order valence-corrected chi connectivity index (χ2v) is 9.18. The van der Waals surface area contributed by atoms with Crippen LogP contribution in [0.25, 0.3) is 0 Å². The number of fused-ring (bicyclic) bond motifs is 1. The van der Waals surface area contributed by atoms with E-state index in [1.54, 1.807) is 16.4 Å². The fourth-order valence-electron chi connectivity index (χ4n) is 3.65. The third kappa shape index (κ3) is 5.21. The molecule has 168 valence electrons. The zero-order valence-electron chi connectivity index (χ0n) is 19.2. The van der Waals surface area contributed by atoms with Crippen LogP contribution in [0.5, 0.6) is 0 Å². The van der Waals surface area contributed by atoms with Gasteiger partial charge in [-0.1, -0.05) is 34.6 Å². The van der Waals surface area contributed by atoms with Crippen LogP contribution in [0.2, 0.25) is 0 Å². The lowest BCUT2D eigenvalue weighted by Crippen LogP contribution is -2.64. The highest BCUT2D eigenvalue weighted by molar-refractivity contribution is 6.07. The van der Waals surface area contributed by atoms with Crippen LogP contribution < -0.4 is 10.6 Å². The minimum Gasteiger partial charge on any atom is -0.354 e. The summed E-state index contributed by atoms with van der Waals surface area (Å²) in [6, 6.07) is 0. The van der Waals surface area contributed by atoms with Crippen LogP contribution in [-0.4, -0.2) is 57.3 Å². The molecule has 2 N–H and O–H groups in total. The lowest BCUT2D eigenvalue weighted by molar-refractivity contribution is -0.132. The zero-order chi connectivity index (χ0) is 22.5. The fraction of sp³-hybridized carbons (Fsp3) is 0.727. The van der Waals surface area contributed by atoms with Gasteiger partial charge in [0.05, 0.1) is 12.9 Å². The summed E-state index contributed by atoms with van der Waals surface area (Å²) in [5.41, 5.74) is -0.631. The molecule has 0 saturated heterocycles. The number of imidazole rings is 1. The highest BCUT2D eigenvalue weighted by Gasteiger charge is 2.48. The number of hydrogen-bond donors (Lipinski definition) is 2. The minimum atomic E-state index is -1.02. The Morgan fingerprint density at radius 2 is 1.73 bits per heavy atom. The molecular formula is C22H37N5O3. The Bertz CT molecular complexity index is 771. The molecule has 0 unspecified atom stereocenters. The number of carbonyl (C=O) groups excluding carboxylic acids is 3. The Morgan fingerprint density at radius 1 is 1.13 bits per heavy atom. The van der Waals surface area contributed by atoms with Gasteiger partial charge in [0.15, 0.2) is 5.69 Å². The van der Waals surface area contributed by atoms with Gasteiger partial charge >= 0.3 is 0 Å². The van der Waals surface area contributed by atoms with Crippen molar-refractivity contribution in [2.24, 2.45) is 11.8 Å². The summed E-state index contributed by atoms with van der Waals surface area (Å²) in [4.78, 5) is 44.9. The van der Waals surface area contributed by atoms with Crippen molar-refractivity contribution in [3.05, 3.63) is 17.7 Å². The van der Waals surface area contributed by atoms with Gasteiger partial charge in [0, 0.05) is 19.6 Å². The third-order valence-electron chi connectivity index (χ3n) is 5.53. The maximum Gasteiger partial charge on any atom is 0.273 e. The summed E-state index contributed by atoms with van der Waals surface area (Å²) < 4.78 is 1.65. The SMILES string of the molecule is CCCN1C(=O)c2c(C(=O)NCCC(C)C)ncn2C[C@@]1(C)C(=O)NCCC(C)C. The Labute approximate surface area is 179 Å². The molecule has 0 radical (unpaired) electrons. The normalized spacial score (nSPS) is 18.7. The molecule has 1 aromatic heterocycles. The molecule has 0 aromatic carbocycles. The molecule has 1 atom stereocenters. The predicted octanol–water partition coefficient (Wildman–Crippen LogP) is 2.45. The van der Waals surface area contributed by atoms with Crippen molar-refractivity contribution >= 4 is 17.7 Å². The van der Waals surface area contributed by atoms with E-state index in [1.165, 1.54) is 6.33 Å². The summed E-state index contributed by atoms with van der Waals surface area (Å²) in [6.45, 7) is 14.0. The van der Waals surface area contributed by atoms with Gasteiger partial charge in [-0.15, -0.1) is 0 Å². The van der Waals surface area contributed by atoms with Gasteiger partial charge in [0.1, 0.15) is 11.2 Å². The van der Waals surface area contributed by atoms with Crippen molar-refractivity contribution in [3.8, 4) is 0 Å². The van der Waals surface area contributed by atoms with E-state index < -0.39 is 5.54 Å². The topological polar surface area (TPSA) is 96.3 Å². The van der Waals surface area contributed by atoms with E-state index in [4.69, 9.17) is 0 Å². The Balaban J connectivity index is 2.26. The van der Waals surface area contributed by atoms with Crippen LogP contribution >= 0.6 is 0 Å². The Morgan fingerprint density at radius 3 is 2.30 bits per heavy atom. The fourth-order valence-corrected chi connectivity index (χ4v) is 3.65. The summed E-state index contributed by atoms with van der Waals surface area (Å²) in [7, 11) is 0. The molecule has 2 heterocycles. The summed E-state index contributed by atoms with van der Waals surface area (Å²) in [6.07, 6.45) is 3.94. The molecule has 0 spiro atoms. The molecule has 1 aromatic rings. The predicted molar refractivity (Wildman–Crippen MR) is 116 cm³/mol. The molecule has 8 nitrogen and oxygen atoms in total. The first-order valence-electron chi connectivity index (χ1n) is 11.0. The molecule has 0 bridgehead atoms. The number of rotatable bonds is 10. The lowest BCUT2D eigenvalue weighted by Gasteiger charge is -2.43. The van der Waals surface area contributed by atoms with Crippen LogP contribution in [0, 0.1) is 11.8 Å². The second-order valence-electron chi connectivity index (χ2n) is 9.18. The third-order valence-corrected chi connectivity index (χ3v) is 5.53. The number of hydrogen-bond acceptors (Lipinski definition) is 4. The molecule has 0 saturated carbocycles. The van der Waals surface area contributed by atoms with Crippen molar-refractivity contribution in [2.45, 2.75) is 72.9 Å². The number of nitrogens with one attached hydrogen (secondary N) is 2. The van der Waals surface area contributed by atoms with Crippen molar-refractivity contribution in [3.63, 3.8) is 0 Å². The van der Waals surface area contributed by atoms with E-state index in [1.807, 2.05) is 6.92 Å². The lowest BCUT2D eigenvalue weighted by atomic mass is 9.93. The monoisotopic (exact) mass is 419 g/mol. The largest absolute Gasteiger partial charge is 0.354 e. The van der Waals surface area contributed by atoms with Crippen LogP contribution in [0.1, 0.15) is 81.8 Å². The van der Waals surface area contributed by atoms with E-state index in [0.717, 1.165) is 12.8 Å². The first-order valence-corrected chi connectivity index (χ1v) is 11.0. The first-order chi connectivity index (χ1) is 14.1. The molecule has 3 amide bonds. The molecule has 8 heteroatoms. The molecular weight excluding hydrogens is 382 g/mol. The number of carbonyl (C=O) groups is 3. The number of nitrogens with zero attached hydrogens (tertiary/aromatic N) is 3. The highest BCUT2D eigenvalue weighted by Crippen LogP contribution is 2.29. The van der Waals surface area contributed by atoms with Gasteiger partial charge in [-0.05, 0) is 38.0 Å². The van der Waals surface area contributed by atoms with Gasteiger partial charge in [-0.2, -0.15) is 0 Å². The van der Waals surface area contributed by atoms with Crippen LogP contribution in [0.3, 0.4) is 0 Å². The first kappa shape index (κ1) is 23.9. The van der Waals surface area contributed by atoms with Crippen molar-refractivity contribution in [1.82, 2.24) is 25.1 Å². The quantitative estimate of drug-likeness (QED) is 0.609. The van der Waals surface area contributed by atoms with Crippen molar-refractivity contribution in [1.29, 1.82) is 0 Å². The number of amides is 3. The van der Waals surface area contributed by atoms with Gasteiger partial charge in [0.25, 0.3) is 11.8 Å². The average Bonchev–Trinajstić information content (AvgIpc) is 3.08. The van der Waals surface area contributed by atoms with E-state index in [2.05, 4.69) is 43.3 Å². The smallest absolute Gasteiger partial charge is 0.273 e. The van der Waals surface area contributed by atoms with Crippen LogP contribution in [0.15, 0.2) is 6.33 Å². The van der Waals surface area contributed by atoms with Crippen molar-refractivity contribution < 1.29 is 14.4 Å². The van der Waals surface area contributed by atoms with Gasteiger partial charge in [-0.3, -0.25) is 14.4 Å². The Hall–Kier alpha value is -2.38. The standard InChI is InChI=1S/C22H37N5O3/c1-7-12-27-20(29)18-17(19(28)23-10-8-15(2)3)25-14-26(18)13-22(27,6)21(30)24-11-9-16(4)5/h14-16H,7-13H2,1-6H3,(H,23,28)(H,24,30)/t22-/m0/s1. The van der Waals surface area contributed by atoms with E-state index in [0.29, 0.717) is 37.9 Å². The molecule has 0 fully saturated rings. The molecule has 2 rings (SSSR count). The average molecular weight is 420 g/mol. The van der Waals surface area contributed by atoms with Gasteiger partial charge in [0.2, 0.25) is 5.91 Å².